The second kappa shape index (κ2) is 28.8. The predicted octanol–water partition coefficient (Wildman–Crippen LogP) is 0.575. The smallest absolute Gasteiger partial charge is 0.410 e. The van der Waals surface area contributed by atoms with E-state index >= 15 is 0 Å². The highest BCUT2D eigenvalue weighted by Crippen LogP contribution is 2.35. The molecule has 1 saturated heterocycles. The van der Waals surface area contributed by atoms with E-state index in [0.717, 1.165) is 4.90 Å². The van der Waals surface area contributed by atoms with Gasteiger partial charge in [0.15, 0.2) is 6.29 Å². The summed E-state index contributed by atoms with van der Waals surface area (Å²) in [5, 5.41) is 102. The van der Waals surface area contributed by atoms with Crippen molar-refractivity contribution in [1.29, 1.82) is 0 Å². The number of benzene rings is 2. The monoisotopic (exact) mass is 1170 g/mol. The van der Waals surface area contributed by atoms with Gasteiger partial charge in [-0.3, -0.25) is 25.0 Å². The maximum atomic E-state index is 13.9. The van der Waals surface area contributed by atoms with Gasteiger partial charge in [-0.15, -0.1) is 0 Å². The molecule has 2 aromatic carbocycles. The minimum absolute atomic E-state index is 0.0720. The van der Waals surface area contributed by atoms with Crippen molar-refractivity contribution in [2.45, 2.75) is 165 Å². The largest absolute Gasteiger partial charge is 0.466 e. The van der Waals surface area contributed by atoms with Crippen LogP contribution in [-0.4, -0.2) is 206 Å². The summed E-state index contributed by atoms with van der Waals surface area (Å²) in [7, 11) is 1.25. The Bertz CT molecular complexity index is 2540. The molecule has 31 nitrogen and oxygen atoms in total. The number of nitro groups is 2. The quantitative estimate of drug-likeness (QED) is 0.0436. The Balaban J connectivity index is 1.53. The average molecular weight is 1170 g/mol. The molecule has 2 heterocycles. The van der Waals surface area contributed by atoms with Crippen molar-refractivity contribution in [3.05, 3.63) is 91.7 Å². The number of carbonyl (C=O) groups is 5. The molecule has 2 fully saturated rings. The van der Waals surface area contributed by atoms with Gasteiger partial charge in [0.05, 0.1) is 66.4 Å². The third-order valence-electron chi connectivity index (χ3n) is 12.6. The number of aliphatic hydroxyl groups is 6. The van der Waals surface area contributed by atoms with Crippen molar-refractivity contribution >= 4 is 41.7 Å². The van der Waals surface area contributed by atoms with E-state index in [9.17, 15) is 74.8 Å². The fourth-order valence-corrected chi connectivity index (χ4v) is 8.73. The van der Waals surface area contributed by atoms with Crippen molar-refractivity contribution in [3.8, 4) is 0 Å². The predicted molar refractivity (Wildman–Crippen MR) is 281 cm³/mol. The summed E-state index contributed by atoms with van der Waals surface area (Å²) in [6, 6.07) is 4.47. The number of likely N-dealkylation sites (N-methyl/N-ethyl adjacent to an activating group) is 1. The summed E-state index contributed by atoms with van der Waals surface area (Å²) in [4.78, 5) is 89.3. The van der Waals surface area contributed by atoms with Crippen LogP contribution in [0, 0.1) is 20.2 Å². The number of rotatable bonds is 22. The number of aliphatic hydroxyl groups excluding tert-OH is 5. The van der Waals surface area contributed by atoms with E-state index in [2.05, 4.69) is 26.6 Å². The first kappa shape index (κ1) is 65.7. The molecule has 3 aliphatic rings. The molecule has 2 aliphatic heterocycles. The molecule has 13 atom stereocenters. The Morgan fingerprint density at radius 2 is 1.27 bits per heavy atom. The van der Waals surface area contributed by atoms with E-state index in [1.54, 1.807) is 47.6 Å². The zero-order valence-corrected chi connectivity index (χ0v) is 46.5. The average Bonchev–Trinajstić information content (AvgIpc) is 3.44. The molecule has 2 aromatic rings. The number of non-ortho nitro benzene ring substituents is 2. The molecule has 1 unspecified atom stereocenters. The zero-order valence-electron chi connectivity index (χ0n) is 46.5. The molecule has 1 aliphatic carbocycles. The molecular weight excluding hydrogens is 1090 g/mol. The molecule has 31 heteroatoms. The van der Waals surface area contributed by atoms with Crippen LogP contribution < -0.4 is 26.6 Å². The fourth-order valence-electron chi connectivity index (χ4n) is 8.73. The van der Waals surface area contributed by atoms with Gasteiger partial charge in [0.1, 0.15) is 66.3 Å². The van der Waals surface area contributed by atoms with E-state index in [1.165, 1.54) is 62.5 Å². The summed E-state index contributed by atoms with van der Waals surface area (Å²) >= 11 is 0. The Labute approximate surface area is 470 Å². The van der Waals surface area contributed by atoms with Crippen molar-refractivity contribution < 1.29 is 102 Å². The number of nitro benzene ring substituents is 2. The Morgan fingerprint density at radius 1 is 0.756 bits per heavy atom. The van der Waals surface area contributed by atoms with E-state index < -0.39 is 163 Å². The van der Waals surface area contributed by atoms with Gasteiger partial charge in [-0.05, 0) is 103 Å². The maximum Gasteiger partial charge on any atom is 0.410 e. The van der Waals surface area contributed by atoms with Gasteiger partial charge < -0.3 is 100 Å². The summed E-state index contributed by atoms with van der Waals surface area (Å²) < 4.78 is 46.6. The van der Waals surface area contributed by atoms with Gasteiger partial charge in [0, 0.05) is 37.9 Å². The van der Waals surface area contributed by atoms with Crippen LogP contribution in [0.3, 0.4) is 0 Å². The minimum Gasteiger partial charge on any atom is -0.466 e. The maximum absolute atomic E-state index is 13.9. The van der Waals surface area contributed by atoms with Gasteiger partial charge in [-0.2, -0.15) is 0 Å². The number of hydrogen-bond donors (Lipinski definition) is 11. The number of nitrogens with zero attached hydrogens (tertiary/aromatic N) is 3. The first-order chi connectivity index (χ1) is 38.3. The van der Waals surface area contributed by atoms with E-state index in [4.69, 9.17) is 37.9 Å². The van der Waals surface area contributed by atoms with Gasteiger partial charge in [-0.25, -0.2) is 19.2 Å². The number of alkyl carbamates (subject to hydrolysis) is 3. The third kappa shape index (κ3) is 19.5. The minimum atomic E-state index is -2.10. The number of amides is 5. The lowest BCUT2D eigenvalue weighted by Crippen LogP contribution is -2.71. The van der Waals surface area contributed by atoms with Crippen molar-refractivity contribution in [2.24, 2.45) is 0 Å². The van der Waals surface area contributed by atoms with Crippen LogP contribution >= 0.6 is 0 Å². The van der Waals surface area contributed by atoms with E-state index in [1.807, 2.05) is 0 Å². The topological polar surface area (TPSA) is 430 Å². The lowest BCUT2D eigenvalue weighted by atomic mass is 9.82. The summed E-state index contributed by atoms with van der Waals surface area (Å²) in [6.07, 6.45) is -17.5. The highest BCUT2D eigenvalue weighted by molar-refractivity contribution is 5.82. The van der Waals surface area contributed by atoms with Crippen LogP contribution in [0.25, 0.3) is 0 Å². The molecule has 456 valence electrons. The SMILES string of the molecule is CN(C(=O)OC(C)(C)C)[C@@H]1[C@@H](O)[C@@H](O[C@@H]2[C@@H](O)[C@H](O[C@H]3OC(CNCC(O)CO)=CC[C@H]3NC(=O)OCc3ccc([N+](=O)[O-])cc3)[C@@H](NC(=O)OCc3ccc([N+](=O)[O-])cc3)C[C@H]2NC(=O)[C@@H](O)CNC(=O)OC(C)(C)C)OC[C@]1(C)O. The second-order valence-corrected chi connectivity index (χ2v) is 21.9. The van der Waals surface area contributed by atoms with Gasteiger partial charge in [-0.1, -0.05) is 0 Å². The molecule has 5 amide bonds. The number of hydrogen-bond acceptors (Lipinski definition) is 24. The van der Waals surface area contributed by atoms with Crippen molar-refractivity contribution in [3.63, 3.8) is 0 Å². The van der Waals surface area contributed by atoms with Crippen LogP contribution in [0.5, 0.6) is 0 Å². The van der Waals surface area contributed by atoms with Crippen LogP contribution in [0.1, 0.15) is 72.4 Å². The summed E-state index contributed by atoms with van der Waals surface area (Å²) in [6.45, 7) is 7.93. The molecule has 11 N–H and O–H groups in total. The number of nitrogens with one attached hydrogen (secondary N) is 5. The number of ether oxygens (including phenoxy) is 8. The molecule has 0 bridgehead atoms. The lowest BCUT2D eigenvalue weighted by molar-refractivity contribution is -0.385. The van der Waals surface area contributed by atoms with Crippen LogP contribution in [0.15, 0.2) is 60.4 Å². The van der Waals surface area contributed by atoms with Crippen LogP contribution in [0.4, 0.5) is 30.6 Å². The number of carbonyl (C=O) groups excluding carboxylic acids is 5. The molecular formula is C51H74N8O23. The van der Waals surface area contributed by atoms with Gasteiger partial charge in [0.2, 0.25) is 6.29 Å². The molecule has 0 radical (unpaired) electrons. The van der Waals surface area contributed by atoms with Gasteiger partial charge in [0.25, 0.3) is 17.3 Å². The second-order valence-electron chi connectivity index (χ2n) is 21.9. The van der Waals surface area contributed by atoms with Gasteiger partial charge >= 0.3 is 24.4 Å². The summed E-state index contributed by atoms with van der Waals surface area (Å²) in [5.74, 6) is -1.01. The first-order valence-corrected chi connectivity index (χ1v) is 25.9. The molecule has 5 rings (SSSR count). The van der Waals surface area contributed by atoms with Crippen LogP contribution in [-0.2, 0) is 55.9 Å². The van der Waals surface area contributed by atoms with E-state index in [-0.39, 0.29) is 43.3 Å². The summed E-state index contributed by atoms with van der Waals surface area (Å²) in [5.41, 5.74) is -3.70. The Kier molecular flexibility index (Phi) is 23.1. The Hall–Kier alpha value is -7.07. The molecule has 82 heavy (non-hydrogen) atoms. The highest BCUT2D eigenvalue weighted by atomic mass is 16.7. The standard InChI is InChI=1S/C51H74N8O23/c1-49(2,3)81-45(66)53-22-36(62)42(65)54-34-19-35(56-47(68)76-25-28-11-15-30(16-12-28)59(73)74)40(37(63)39(34)80-44-38(64)41(51(7,70)26-77-44)57(8)48(69)82-50(4,5)6)79-43-33(18-17-32(78-43)21-52-20-31(61)23-60)55-46(67)75-24-27-9-13-29(14-10-27)58(71)72/h9-17,31,33-41,43-44,52,60-64,70H,18-26H2,1-8H3,(H,53,66)(H,54,65)(H,55,67)(H,56,68)/t31?,33-,34-,35+,36+,37-,38-,39+,40-,41-,43-,44-,51+/m1/s1. The normalized spacial score (nSPS) is 26.2. The van der Waals surface area contributed by atoms with Crippen LogP contribution in [0.2, 0.25) is 0 Å². The lowest BCUT2D eigenvalue weighted by Gasteiger charge is -2.50. The zero-order chi connectivity index (χ0) is 60.9. The highest BCUT2D eigenvalue weighted by Gasteiger charge is 2.55. The van der Waals surface area contributed by atoms with Crippen molar-refractivity contribution in [2.75, 3.05) is 39.9 Å². The first-order valence-electron chi connectivity index (χ1n) is 25.9. The molecule has 1 saturated carbocycles. The Morgan fingerprint density at radius 3 is 1.78 bits per heavy atom. The molecule has 0 aromatic heterocycles. The third-order valence-corrected chi connectivity index (χ3v) is 12.6. The van der Waals surface area contributed by atoms with Crippen molar-refractivity contribution in [1.82, 2.24) is 31.5 Å². The van der Waals surface area contributed by atoms with E-state index in [0.29, 0.717) is 11.1 Å². The fraction of sp³-hybridized carbons (Fsp3) is 0.627. The molecule has 0 spiro atoms.